The van der Waals surface area contributed by atoms with Crippen molar-refractivity contribution in [3.8, 4) is 0 Å². The van der Waals surface area contributed by atoms with Crippen LogP contribution in [0.1, 0.15) is 33.6 Å². The highest BCUT2D eigenvalue weighted by Gasteiger charge is 2.12. The molecule has 0 aliphatic heterocycles. The highest BCUT2D eigenvalue weighted by Crippen LogP contribution is 2.09. The van der Waals surface area contributed by atoms with Gasteiger partial charge >= 0.3 is 0 Å². The Bertz CT molecular complexity index is 164. The molecule has 1 unspecified atom stereocenters. The molecule has 0 amide bonds. The molecule has 84 valence electrons. The zero-order chi connectivity index (χ0) is 11.1. The zero-order valence-electron chi connectivity index (χ0n) is 10.0. The number of nitrogens with two attached hydrogens (primary N) is 1. The van der Waals surface area contributed by atoms with Crippen molar-refractivity contribution in [2.75, 3.05) is 20.1 Å². The third-order valence-corrected chi connectivity index (χ3v) is 2.84. The molecular formula is C11H25N3. The average Bonchev–Trinajstić information content (AvgIpc) is 2.13. The molecule has 0 bridgehead atoms. The minimum atomic E-state index is 0.175. The van der Waals surface area contributed by atoms with Crippen molar-refractivity contribution in [1.29, 1.82) is 5.41 Å². The number of hydrogen-bond donors (Lipinski definition) is 2. The minimum absolute atomic E-state index is 0.175. The van der Waals surface area contributed by atoms with Gasteiger partial charge in [-0.2, -0.15) is 0 Å². The second-order valence-corrected chi connectivity index (χ2v) is 4.26. The molecule has 3 N–H and O–H groups in total. The van der Waals surface area contributed by atoms with E-state index in [4.69, 9.17) is 11.1 Å². The van der Waals surface area contributed by atoms with Crippen molar-refractivity contribution >= 4 is 5.84 Å². The predicted octanol–water partition coefficient (Wildman–Crippen LogP) is 1.93. The van der Waals surface area contributed by atoms with E-state index in [2.05, 4.69) is 25.8 Å². The first-order chi connectivity index (χ1) is 6.51. The molecule has 0 rings (SSSR count). The Morgan fingerprint density at radius 3 is 2.14 bits per heavy atom. The first-order valence-electron chi connectivity index (χ1n) is 5.53. The SMILES string of the molecule is CCC(CC)CN(C)CC(C)C(=N)N. The molecule has 0 aromatic carbocycles. The molecule has 3 nitrogen and oxygen atoms in total. The summed E-state index contributed by atoms with van der Waals surface area (Å²) in [6.45, 7) is 8.48. The molecule has 0 aromatic rings. The lowest BCUT2D eigenvalue weighted by atomic mass is 10.0. The Morgan fingerprint density at radius 2 is 1.79 bits per heavy atom. The van der Waals surface area contributed by atoms with Crippen LogP contribution in [-0.4, -0.2) is 30.9 Å². The summed E-state index contributed by atoms with van der Waals surface area (Å²) in [5.41, 5.74) is 5.44. The highest BCUT2D eigenvalue weighted by atomic mass is 15.1. The van der Waals surface area contributed by atoms with Crippen molar-refractivity contribution in [1.82, 2.24) is 4.90 Å². The summed E-state index contributed by atoms with van der Waals surface area (Å²) in [6.07, 6.45) is 2.46. The molecule has 0 saturated heterocycles. The normalized spacial score (nSPS) is 13.6. The van der Waals surface area contributed by atoms with Gasteiger partial charge in [0.15, 0.2) is 0 Å². The summed E-state index contributed by atoms with van der Waals surface area (Å²) in [5, 5.41) is 7.32. The van der Waals surface area contributed by atoms with Crippen molar-refractivity contribution < 1.29 is 0 Å². The van der Waals surface area contributed by atoms with Gasteiger partial charge in [-0.15, -0.1) is 0 Å². The largest absolute Gasteiger partial charge is 0.387 e. The maximum atomic E-state index is 7.32. The van der Waals surface area contributed by atoms with Gasteiger partial charge in [0.25, 0.3) is 0 Å². The number of hydrogen-bond acceptors (Lipinski definition) is 2. The van der Waals surface area contributed by atoms with Gasteiger partial charge in [-0.25, -0.2) is 0 Å². The summed E-state index contributed by atoms with van der Waals surface area (Å²) < 4.78 is 0. The summed E-state index contributed by atoms with van der Waals surface area (Å²) in [7, 11) is 2.11. The van der Waals surface area contributed by atoms with Gasteiger partial charge in [-0.1, -0.05) is 33.6 Å². The molecule has 0 spiro atoms. The lowest BCUT2D eigenvalue weighted by Gasteiger charge is -2.24. The van der Waals surface area contributed by atoms with Crippen LogP contribution in [0, 0.1) is 17.2 Å². The van der Waals surface area contributed by atoms with Crippen molar-refractivity contribution in [3.63, 3.8) is 0 Å². The van der Waals surface area contributed by atoms with Gasteiger partial charge in [-0.3, -0.25) is 5.41 Å². The Morgan fingerprint density at radius 1 is 1.29 bits per heavy atom. The number of rotatable bonds is 7. The second-order valence-electron chi connectivity index (χ2n) is 4.26. The van der Waals surface area contributed by atoms with E-state index in [1.165, 1.54) is 12.8 Å². The Hall–Kier alpha value is -0.570. The fourth-order valence-corrected chi connectivity index (χ4v) is 1.63. The standard InChI is InChI=1S/C11H25N3/c1-5-10(6-2)8-14(4)7-9(3)11(12)13/h9-10H,5-8H2,1-4H3,(H3,12,13). The molecule has 0 saturated carbocycles. The molecule has 3 heteroatoms. The number of nitrogens with zero attached hydrogens (tertiary/aromatic N) is 1. The van der Waals surface area contributed by atoms with Crippen molar-refractivity contribution in [3.05, 3.63) is 0 Å². The topological polar surface area (TPSA) is 53.1 Å². The molecule has 1 atom stereocenters. The van der Waals surface area contributed by atoms with Gasteiger partial charge in [0.05, 0.1) is 5.84 Å². The molecule has 0 heterocycles. The van der Waals surface area contributed by atoms with Gasteiger partial charge in [0.1, 0.15) is 0 Å². The van der Waals surface area contributed by atoms with Crippen LogP contribution >= 0.6 is 0 Å². The van der Waals surface area contributed by atoms with Crippen LogP contribution in [0.3, 0.4) is 0 Å². The predicted molar refractivity (Wildman–Crippen MR) is 62.6 cm³/mol. The maximum absolute atomic E-state index is 7.32. The van der Waals surface area contributed by atoms with Crippen LogP contribution in [0.4, 0.5) is 0 Å². The molecule has 0 fully saturated rings. The molecular weight excluding hydrogens is 174 g/mol. The van der Waals surface area contributed by atoms with Crippen LogP contribution in [0.2, 0.25) is 0 Å². The number of amidine groups is 1. The summed E-state index contributed by atoms with van der Waals surface area (Å²) >= 11 is 0. The monoisotopic (exact) mass is 199 g/mol. The van der Waals surface area contributed by atoms with Gasteiger partial charge in [0, 0.05) is 19.0 Å². The second kappa shape index (κ2) is 6.82. The third-order valence-electron chi connectivity index (χ3n) is 2.84. The van der Waals surface area contributed by atoms with E-state index in [0.29, 0.717) is 5.84 Å². The molecule has 14 heavy (non-hydrogen) atoms. The number of nitrogens with one attached hydrogen (secondary N) is 1. The maximum Gasteiger partial charge on any atom is 0.0947 e. The van der Waals surface area contributed by atoms with Crippen LogP contribution in [0.5, 0.6) is 0 Å². The van der Waals surface area contributed by atoms with Crippen LogP contribution < -0.4 is 5.73 Å². The molecule has 0 radical (unpaired) electrons. The Balaban J connectivity index is 3.84. The Kier molecular flexibility index (Phi) is 6.54. The fourth-order valence-electron chi connectivity index (χ4n) is 1.63. The van der Waals surface area contributed by atoms with E-state index in [-0.39, 0.29) is 5.92 Å². The minimum Gasteiger partial charge on any atom is -0.387 e. The van der Waals surface area contributed by atoms with Crippen LogP contribution in [0.15, 0.2) is 0 Å². The van der Waals surface area contributed by atoms with E-state index in [1.807, 2.05) is 6.92 Å². The molecule has 0 aliphatic rings. The third kappa shape index (κ3) is 5.22. The van der Waals surface area contributed by atoms with E-state index in [9.17, 15) is 0 Å². The lowest BCUT2D eigenvalue weighted by Crippen LogP contribution is -2.34. The van der Waals surface area contributed by atoms with Gasteiger partial charge in [0.2, 0.25) is 0 Å². The van der Waals surface area contributed by atoms with Crippen molar-refractivity contribution in [2.24, 2.45) is 17.6 Å². The first-order valence-corrected chi connectivity index (χ1v) is 5.53. The smallest absolute Gasteiger partial charge is 0.0947 e. The van der Waals surface area contributed by atoms with E-state index in [0.717, 1.165) is 19.0 Å². The average molecular weight is 199 g/mol. The van der Waals surface area contributed by atoms with Crippen molar-refractivity contribution in [2.45, 2.75) is 33.6 Å². The Labute approximate surface area is 88.2 Å². The van der Waals surface area contributed by atoms with Crippen LogP contribution in [-0.2, 0) is 0 Å². The summed E-state index contributed by atoms with van der Waals surface area (Å²) in [6, 6.07) is 0. The first kappa shape index (κ1) is 13.4. The highest BCUT2D eigenvalue weighted by molar-refractivity contribution is 5.79. The van der Waals surface area contributed by atoms with E-state index >= 15 is 0 Å². The quantitative estimate of drug-likeness (QED) is 0.486. The van der Waals surface area contributed by atoms with Crippen LogP contribution in [0.25, 0.3) is 0 Å². The fraction of sp³-hybridized carbons (Fsp3) is 0.909. The zero-order valence-corrected chi connectivity index (χ0v) is 10.0. The van der Waals surface area contributed by atoms with Gasteiger partial charge in [-0.05, 0) is 13.0 Å². The van der Waals surface area contributed by atoms with E-state index in [1.54, 1.807) is 0 Å². The lowest BCUT2D eigenvalue weighted by molar-refractivity contribution is 0.254. The summed E-state index contributed by atoms with van der Waals surface area (Å²) in [5.74, 6) is 1.25. The van der Waals surface area contributed by atoms with Gasteiger partial charge < -0.3 is 10.6 Å². The molecule has 0 aliphatic carbocycles. The molecule has 0 aromatic heterocycles. The van der Waals surface area contributed by atoms with E-state index < -0.39 is 0 Å². The summed E-state index contributed by atoms with van der Waals surface area (Å²) in [4.78, 5) is 2.28.